The van der Waals surface area contributed by atoms with Crippen LogP contribution in [-0.4, -0.2) is 21.8 Å². The van der Waals surface area contributed by atoms with Crippen LogP contribution in [0.2, 0.25) is 0 Å². The average molecular weight is 270 g/mol. The molecule has 2 heterocycles. The molecule has 0 saturated heterocycles. The lowest BCUT2D eigenvalue weighted by molar-refractivity contribution is 0.517. The van der Waals surface area contributed by atoms with Gasteiger partial charge in [-0.3, -0.25) is 0 Å². The van der Waals surface area contributed by atoms with Crippen molar-refractivity contribution in [3.05, 3.63) is 47.2 Å². The zero-order chi connectivity index (χ0) is 14.1. The normalized spacial score (nSPS) is 11.3. The maximum Gasteiger partial charge on any atom is 0.147 e. The Kier molecular flexibility index (Phi) is 3.28. The predicted octanol–water partition coefficient (Wildman–Crippen LogP) is 2.41. The Morgan fingerprint density at radius 1 is 1.25 bits per heavy atom. The Bertz CT molecular complexity index is 741. The van der Waals surface area contributed by atoms with E-state index in [0.29, 0.717) is 13.1 Å². The molecule has 20 heavy (non-hydrogen) atoms. The van der Waals surface area contributed by atoms with Crippen LogP contribution in [-0.2, 0) is 13.1 Å². The molecule has 0 unspecified atom stereocenters. The molecule has 5 heteroatoms. The molecule has 104 valence electrons. The quantitative estimate of drug-likeness (QED) is 0.791. The fraction of sp³-hybridized carbons (Fsp3) is 0.333. The molecule has 0 bridgehead atoms. The van der Waals surface area contributed by atoms with Crippen LogP contribution in [0.5, 0.6) is 0 Å². The third kappa shape index (κ3) is 2.20. The van der Waals surface area contributed by atoms with E-state index in [1.54, 1.807) is 0 Å². The summed E-state index contributed by atoms with van der Waals surface area (Å²) in [6.07, 6.45) is 0. The van der Waals surface area contributed by atoms with Crippen molar-refractivity contribution >= 4 is 11.0 Å². The number of benzene rings is 1. The van der Waals surface area contributed by atoms with Gasteiger partial charge >= 0.3 is 0 Å². The zero-order valence-electron chi connectivity index (χ0n) is 12.0. The minimum Gasteiger partial charge on any atom is -0.459 e. The number of hydrogen-bond acceptors (Lipinski definition) is 4. The van der Waals surface area contributed by atoms with Gasteiger partial charge in [-0.2, -0.15) is 5.10 Å². The molecule has 2 aromatic heterocycles. The summed E-state index contributed by atoms with van der Waals surface area (Å²) in [5.41, 5.74) is 2.09. The van der Waals surface area contributed by atoms with E-state index in [0.717, 1.165) is 28.4 Å². The van der Waals surface area contributed by atoms with Crippen molar-refractivity contribution in [3.8, 4) is 0 Å². The lowest BCUT2D eigenvalue weighted by Gasteiger charge is -2.04. The van der Waals surface area contributed by atoms with Gasteiger partial charge < -0.3 is 9.73 Å². The Morgan fingerprint density at radius 2 is 2.05 bits per heavy atom. The van der Waals surface area contributed by atoms with E-state index < -0.39 is 0 Å². The van der Waals surface area contributed by atoms with Crippen molar-refractivity contribution in [1.82, 2.24) is 20.1 Å². The second-order valence-corrected chi connectivity index (χ2v) is 4.89. The van der Waals surface area contributed by atoms with Gasteiger partial charge in [0.15, 0.2) is 0 Å². The maximum atomic E-state index is 5.93. The van der Waals surface area contributed by atoms with Crippen molar-refractivity contribution in [1.29, 1.82) is 0 Å². The van der Waals surface area contributed by atoms with Crippen molar-refractivity contribution in [2.24, 2.45) is 0 Å². The highest BCUT2D eigenvalue weighted by atomic mass is 16.3. The summed E-state index contributed by atoms with van der Waals surface area (Å²) in [7, 11) is 1.92. The lowest BCUT2D eigenvalue weighted by Crippen LogP contribution is -2.10. The van der Waals surface area contributed by atoms with Crippen LogP contribution in [0.4, 0.5) is 0 Å². The Labute approximate surface area is 117 Å². The third-order valence-electron chi connectivity index (χ3n) is 3.39. The minimum absolute atomic E-state index is 0.681. The molecule has 0 saturated carbocycles. The third-order valence-corrected chi connectivity index (χ3v) is 3.39. The number of aryl methyl sites for hydroxylation is 2. The number of rotatable bonds is 4. The number of nitrogens with zero attached hydrogens (tertiary/aromatic N) is 3. The number of fused-ring (bicyclic) bond motifs is 1. The number of furan rings is 1. The molecule has 0 aliphatic carbocycles. The van der Waals surface area contributed by atoms with Crippen LogP contribution in [0.1, 0.15) is 23.0 Å². The molecule has 3 rings (SSSR count). The fourth-order valence-electron chi connectivity index (χ4n) is 2.49. The Morgan fingerprint density at radius 3 is 2.75 bits per heavy atom. The zero-order valence-corrected chi connectivity index (χ0v) is 12.0. The van der Waals surface area contributed by atoms with Crippen molar-refractivity contribution in [2.45, 2.75) is 26.9 Å². The van der Waals surface area contributed by atoms with Gasteiger partial charge in [0.25, 0.3) is 0 Å². The van der Waals surface area contributed by atoms with Gasteiger partial charge in [-0.05, 0) is 27.0 Å². The van der Waals surface area contributed by atoms with E-state index in [2.05, 4.69) is 21.5 Å². The van der Waals surface area contributed by atoms with Crippen molar-refractivity contribution in [3.63, 3.8) is 0 Å². The number of hydrogen-bond donors (Lipinski definition) is 1. The van der Waals surface area contributed by atoms with Gasteiger partial charge in [0, 0.05) is 10.9 Å². The van der Waals surface area contributed by atoms with Crippen LogP contribution >= 0.6 is 0 Å². The summed E-state index contributed by atoms with van der Waals surface area (Å²) in [6.45, 7) is 5.27. The first-order chi connectivity index (χ1) is 9.69. The topological polar surface area (TPSA) is 55.9 Å². The van der Waals surface area contributed by atoms with Gasteiger partial charge in [-0.1, -0.05) is 18.2 Å². The molecule has 0 aliphatic heterocycles. The summed E-state index contributed by atoms with van der Waals surface area (Å²) in [6, 6.07) is 8.11. The highest BCUT2D eigenvalue weighted by Crippen LogP contribution is 2.26. The number of aromatic nitrogens is 3. The van der Waals surface area contributed by atoms with E-state index in [4.69, 9.17) is 4.42 Å². The van der Waals surface area contributed by atoms with Crippen LogP contribution in [0.3, 0.4) is 0 Å². The van der Waals surface area contributed by atoms with E-state index in [1.807, 2.05) is 43.8 Å². The predicted molar refractivity (Wildman–Crippen MR) is 77.6 cm³/mol. The van der Waals surface area contributed by atoms with E-state index in [-0.39, 0.29) is 0 Å². The second-order valence-electron chi connectivity index (χ2n) is 4.89. The summed E-state index contributed by atoms with van der Waals surface area (Å²) >= 11 is 0. The van der Waals surface area contributed by atoms with Crippen LogP contribution < -0.4 is 5.32 Å². The van der Waals surface area contributed by atoms with Crippen LogP contribution in [0.25, 0.3) is 11.0 Å². The molecule has 0 radical (unpaired) electrons. The molecule has 1 aromatic carbocycles. The van der Waals surface area contributed by atoms with Crippen molar-refractivity contribution < 1.29 is 4.42 Å². The van der Waals surface area contributed by atoms with Crippen LogP contribution in [0, 0.1) is 13.8 Å². The average Bonchev–Trinajstić information content (AvgIpc) is 2.92. The highest BCUT2D eigenvalue weighted by Gasteiger charge is 2.15. The SMILES string of the molecule is CNCc1oc2ccccc2c1Cn1nc(C)nc1C. The Hall–Kier alpha value is -2.14. The van der Waals surface area contributed by atoms with Gasteiger partial charge in [-0.25, -0.2) is 9.67 Å². The molecule has 0 atom stereocenters. The molecule has 3 aromatic rings. The summed E-state index contributed by atoms with van der Waals surface area (Å²) in [4.78, 5) is 4.35. The van der Waals surface area contributed by atoms with Gasteiger partial charge in [0.2, 0.25) is 0 Å². The number of para-hydroxylation sites is 1. The summed E-state index contributed by atoms with van der Waals surface area (Å²) in [5.74, 6) is 2.68. The van der Waals surface area contributed by atoms with Gasteiger partial charge in [0.1, 0.15) is 23.0 Å². The molecule has 0 spiro atoms. The molecular formula is C15H18N4O. The smallest absolute Gasteiger partial charge is 0.147 e. The maximum absolute atomic E-state index is 5.93. The standard InChI is InChI=1S/C15H18N4O/c1-10-17-11(2)19(18-10)9-13-12-6-4-5-7-14(12)20-15(13)8-16-3/h4-7,16H,8-9H2,1-3H3. The monoisotopic (exact) mass is 270 g/mol. The Balaban J connectivity index is 2.08. The largest absolute Gasteiger partial charge is 0.459 e. The summed E-state index contributed by atoms with van der Waals surface area (Å²) < 4.78 is 7.86. The van der Waals surface area contributed by atoms with E-state index in [1.165, 1.54) is 5.56 Å². The molecule has 0 amide bonds. The first-order valence-electron chi connectivity index (χ1n) is 6.71. The van der Waals surface area contributed by atoms with Gasteiger partial charge in [-0.15, -0.1) is 0 Å². The van der Waals surface area contributed by atoms with Crippen molar-refractivity contribution in [2.75, 3.05) is 7.05 Å². The molecule has 0 aliphatic rings. The fourth-order valence-corrected chi connectivity index (χ4v) is 2.49. The molecule has 0 fully saturated rings. The second kappa shape index (κ2) is 5.09. The first kappa shape index (κ1) is 12.9. The minimum atomic E-state index is 0.681. The molecule has 1 N–H and O–H groups in total. The molecule has 5 nitrogen and oxygen atoms in total. The van der Waals surface area contributed by atoms with Gasteiger partial charge in [0.05, 0.1) is 13.1 Å². The van der Waals surface area contributed by atoms with E-state index >= 15 is 0 Å². The first-order valence-corrected chi connectivity index (χ1v) is 6.71. The molecular weight excluding hydrogens is 252 g/mol. The highest BCUT2D eigenvalue weighted by molar-refractivity contribution is 5.82. The van der Waals surface area contributed by atoms with E-state index in [9.17, 15) is 0 Å². The summed E-state index contributed by atoms with van der Waals surface area (Å²) in [5, 5.41) is 8.73. The number of nitrogens with one attached hydrogen (secondary N) is 1. The lowest BCUT2D eigenvalue weighted by atomic mass is 10.1. The van der Waals surface area contributed by atoms with Crippen LogP contribution in [0.15, 0.2) is 28.7 Å².